The van der Waals surface area contributed by atoms with Crippen molar-refractivity contribution >= 4 is 23.5 Å². The molecule has 1 aromatic heterocycles. The number of halogens is 1. The van der Waals surface area contributed by atoms with Crippen LogP contribution in [0.1, 0.15) is 0 Å². The van der Waals surface area contributed by atoms with E-state index in [0.29, 0.717) is 17.1 Å². The monoisotopic (exact) mass is 422 g/mol. The Morgan fingerprint density at radius 1 is 1.00 bits per heavy atom. The van der Waals surface area contributed by atoms with Crippen LogP contribution in [-0.2, 0) is 4.74 Å². The third kappa shape index (κ3) is 4.72. The van der Waals surface area contributed by atoms with Crippen LogP contribution in [0.25, 0.3) is 5.69 Å². The highest BCUT2D eigenvalue weighted by molar-refractivity contribution is 5.91. The molecule has 1 fully saturated rings. The fourth-order valence-corrected chi connectivity index (χ4v) is 3.19. The largest absolute Gasteiger partial charge is 0.442 e. The smallest absolute Gasteiger partial charge is 0.414 e. The summed E-state index contributed by atoms with van der Waals surface area (Å²) in [5.41, 5.74) is 1.59. The zero-order valence-electron chi connectivity index (χ0n) is 16.3. The molecule has 9 heteroatoms. The molecule has 1 aliphatic rings. The maximum atomic E-state index is 12.9. The number of nitrogens with zero attached hydrogens (tertiary/aromatic N) is 2. The first-order valence-corrected chi connectivity index (χ1v) is 9.56. The molecule has 0 radical (unpaired) electrons. The summed E-state index contributed by atoms with van der Waals surface area (Å²) in [5.74, 6) is -0.396. The van der Waals surface area contributed by atoms with Gasteiger partial charge in [-0.3, -0.25) is 14.3 Å². The molecule has 2 heterocycles. The van der Waals surface area contributed by atoms with Crippen molar-refractivity contribution in [1.29, 1.82) is 0 Å². The molecule has 2 N–H and O–H groups in total. The lowest BCUT2D eigenvalue weighted by Gasteiger charge is -2.14. The Morgan fingerprint density at radius 3 is 2.42 bits per heavy atom. The average Bonchev–Trinajstić information content (AvgIpc) is 3.15. The number of amides is 3. The van der Waals surface area contributed by atoms with Gasteiger partial charge in [-0.2, -0.15) is 0 Å². The molecule has 31 heavy (non-hydrogen) atoms. The number of rotatable bonds is 5. The van der Waals surface area contributed by atoms with Gasteiger partial charge in [0.15, 0.2) is 0 Å². The van der Waals surface area contributed by atoms with Gasteiger partial charge < -0.3 is 15.4 Å². The maximum absolute atomic E-state index is 12.9. The number of pyridine rings is 1. The number of hydrogen-bond acceptors (Lipinski definition) is 4. The minimum absolute atomic E-state index is 0.118. The normalized spacial score (nSPS) is 15.5. The van der Waals surface area contributed by atoms with Crippen molar-refractivity contribution in [2.45, 2.75) is 6.10 Å². The van der Waals surface area contributed by atoms with E-state index in [9.17, 15) is 18.8 Å². The number of anilines is 2. The molecule has 1 unspecified atom stereocenters. The van der Waals surface area contributed by atoms with Crippen LogP contribution >= 0.6 is 0 Å². The summed E-state index contributed by atoms with van der Waals surface area (Å²) in [4.78, 5) is 37.6. The molecular weight excluding hydrogens is 403 g/mol. The van der Waals surface area contributed by atoms with Crippen molar-refractivity contribution in [3.8, 4) is 5.69 Å². The van der Waals surface area contributed by atoms with Gasteiger partial charge in [0.05, 0.1) is 13.1 Å². The molecule has 0 saturated carbocycles. The minimum atomic E-state index is -0.525. The van der Waals surface area contributed by atoms with Gasteiger partial charge >= 0.3 is 12.1 Å². The van der Waals surface area contributed by atoms with E-state index in [2.05, 4.69) is 10.6 Å². The lowest BCUT2D eigenvalue weighted by Crippen LogP contribution is -2.37. The van der Waals surface area contributed by atoms with E-state index in [0.717, 1.165) is 0 Å². The van der Waals surface area contributed by atoms with Crippen LogP contribution in [0.5, 0.6) is 0 Å². The van der Waals surface area contributed by atoms with Crippen LogP contribution in [-0.4, -0.2) is 35.9 Å². The number of nitrogens with one attached hydrogen (secondary N) is 2. The van der Waals surface area contributed by atoms with E-state index in [4.69, 9.17) is 4.74 Å². The van der Waals surface area contributed by atoms with Crippen molar-refractivity contribution in [2.75, 3.05) is 23.3 Å². The van der Waals surface area contributed by atoms with Gasteiger partial charge in [-0.05, 0) is 54.6 Å². The lowest BCUT2D eigenvalue weighted by molar-refractivity contribution is 0.141. The summed E-state index contributed by atoms with van der Waals surface area (Å²) in [5, 5.41) is 5.21. The molecular formula is C22H19FN4O4. The average molecular weight is 422 g/mol. The fourth-order valence-electron chi connectivity index (χ4n) is 3.19. The van der Waals surface area contributed by atoms with E-state index >= 15 is 0 Å². The minimum Gasteiger partial charge on any atom is -0.442 e. The Labute approximate surface area is 176 Å². The second-order valence-electron chi connectivity index (χ2n) is 6.88. The summed E-state index contributed by atoms with van der Waals surface area (Å²) in [6, 6.07) is 16.7. The number of aromatic nitrogens is 1. The maximum Gasteiger partial charge on any atom is 0.414 e. The first-order valence-electron chi connectivity index (χ1n) is 9.56. The second kappa shape index (κ2) is 8.70. The SMILES string of the molecule is O=C(NCC1CN(c2ccc(-n3ccccc3=O)cc2)C(=O)O1)Nc1ccc(F)cc1. The molecule has 1 atom stereocenters. The number of carbonyl (C=O) groups excluding carboxylic acids is 2. The van der Waals surface area contributed by atoms with Crippen molar-refractivity contribution in [1.82, 2.24) is 9.88 Å². The number of ether oxygens (including phenoxy) is 1. The summed E-state index contributed by atoms with van der Waals surface area (Å²) in [7, 11) is 0. The molecule has 158 valence electrons. The Morgan fingerprint density at radius 2 is 1.71 bits per heavy atom. The zero-order valence-corrected chi connectivity index (χ0v) is 16.3. The molecule has 4 rings (SSSR count). The van der Waals surface area contributed by atoms with Crippen molar-refractivity contribution in [3.05, 3.63) is 89.1 Å². The van der Waals surface area contributed by atoms with Crippen LogP contribution < -0.4 is 21.1 Å². The number of cyclic esters (lactones) is 1. The van der Waals surface area contributed by atoms with E-state index in [1.54, 1.807) is 42.6 Å². The van der Waals surface area contributed by atoms with E-state index in [1.807, 2.05) is 0 Å². The summed E-state index contributed by atoms with van der Waals surface area (Å²) < 4.78 is 19.7. The number of urea groups is 1. The predicted octanol–water partition coefficient (Wildman–Crippen LogP) is 3.12. The topological polar surface area (TPSA) is 92.7 Å². The Hall–Kier alpha value is -4.14. The van der Waals surface area contributed by atoms with Crippen LogP contribution in [0.4, 0.5) is 25.4 Å². The molecule has 0 aliphatic carbocycles. The summed E-state index contributed by atoms with van der Waals surface area (Å²) >= 11 is 0. The number of carbonyl (C=O) groups is 2. The van der Waals surface area contributed by atoms with Gasteiger partial charge in [0.2, 0.25) is 0 Å². The van der Waals surface area contributed by atoms with Crippen molar-refractivity contribution in [3.63, 3.8) is 0 Å². The Balaban J connectivity index is 1.34. The van der Waals surface area contributed by atoms with E-state index < -0.39 is 24.0 Å². The first-order chi connectivity index (χ1) is 15.0. The van der Waals surface area contributed by atoms with Gasteiger partial charge in [-0.15, -0.1) is 0 Å². The number of benzene rings is 2. The standard InChI is InChI=1S/C22H19FN4O4/c23-15-4-6-16(7-5-15)25-21(29)24-13-19-14-27(22(30)31-19)18-10-8-17(9-11-18)26-12-2-1-3-20(26)28/h1-12,19H,13-14H2,(H2,24,25,29). The number of hydrogen-bond donors (Lipinski definition) is 2. The first kappa shape index (κ1) is 20.1. The zero-order chi connectivity index (χ0) is 21.8. The van der Waals surface area contributed by atoms with E-state index in [-0.39, 0.29) is 18.6 Å². The van der Waals surface area contributed by atoms with Crippen LogP contribution in [0, 0.1) is 5.82 Å². The lowest BCUT2D eigenvalue weighted by atomic mass is 10.2. The van der Waals surface area contributed by atoms with Crippen LogP contribution in [0.3, 0.4) is 0 Å². The van der Waals surface area contributed by atoms with Crippen LogP contribution in [0.2, 0.25) is 0 Å². The molecule has 1 saturated heterocycles. The van der Waals surface area contributed by atoms with Gasteiger partial charge in [-0.25, -0.2) is 14.0 Å². The second-order valence-corrected chi connectivity index (χ2v) is 6.88. The van der Waals surface area contributed by atoms with E-state index in [1.165, 1.54) is 39.8 Å². The predicted molar refractivity (Wildman–Crippen MR) is 113 cm³/mol. The molecule has 1 aliphatic heterocycles. The fraction of sp³-hybridized carbons (Fsp3) is 0.136. The van der Waals surface area contributed by atoms with Gasteiger partial charge in [-0.1, -0.05) is 6.07 Å². The highest BCUT2D eigenvalue weighted by Gasteiger charge is 2.32. The van der Waals surface area contributed by atoms with Crippen molar-refractivity contribution < 1.29 is 18.7 Å². The molecule has 3 aromatic rings. The molecule has 0 bridgehead atoms. The molecule has 3 amide bonds. The molecule has 0 spiro atoms. The molecule has 8 nitrogen and oxygen atoms in total. The quantitative estimate of drug-likeness (QED) is 0.661. The Bertz CT molecular complexity index is 1150. The van der Waals surface area contributed by atoms with Crippen molar-refractivity contribution in [2.24, 2.45) is 0 Å². The third-order valence-corrected chi connectivity index (χ3v) is 4.73. The Kier molecular flexibility index (Phi) is 5.65. The molecule has 2 aromatic carbocycles. The van der Waals surface area contributed by atoms with Gasteiger partial charge in [0, 0.05) is 29.3 Å². The third-order valence-electron chi connectivity index (χ3n) is 4.73. The van der Waals surface area contributed by atoms with Crippen LogP contribution in [0.15, 0.2) is 77.7 Å². The highest BCUT2D eigenvalue weighted by atomic mass is 19.1. The summed E-state index contributed by atoms with van der Waals surface area (Å²) in [6.45, 7) is 0.382. The summed E-state index contributed by atoms with van der Waals surface area (Å²) in [6.07, 6.45) is 0.624. The van der Waals surface area contributed by atoms with Gasteiger partial charge in [0.1, 0.15) is 11.9 Å². The highest BCUT2D eigenvalue weighted by Crippen LogP contribution is 2.22. The van der Waals surface area contributed by atoms with Gasteiger partial charge in [0.25, 0.3) is 5.56 Å².